The van der Waals surface area contributed by atoms with E-state index in [0.29, 0.717) is 24.0 Å². The minimum absolute atomic E-state index is 0.0686. The third-order valence-corrected chi connectivity index (χ3v) is 6.79. The van der Waals surface area contributed by atoms with Gasteiger partial charge in [-0.25, -0.2) is 12.8 Å². The molecule has 0 saturated heterocycles. The van der Waals surface area contributed by atoms with Gasteiger partial charge in [0.25, 0.3) is 0 Å². The number of halogens is 1. The molecule has 2 aromatic rings. The number of hydrogen-bond donors (Lipinski definition) is 1. The predicted molar refractivity (Wildman–Crippen MR) is 96.6 cm³/mol. The molecule has 2 aromatic carbocycles. The van der Waals surface area contributed by atoms with E-state index in [1.54, 1.807) is 12.1 Å². The molecule has 0 atom stereocenters. The van der Waals surface area contributed by atoms with E-state index in [-0.39, 0.29) is 28.2 Å². The van der Waals surface area contributed by atoms with Crippen LogP contribution in [0.3, 0.4) is 0 Å². The Bertz CT molecular complexity index is 925. The van der Waals surface area contributed by atoms with Crippen LogP contribution in [0, 0.1) is 23.1 Å². The SMILES string of the molecule is N#Cc1ccc(-c2ccc(S(=O)(=O)CC3CCC(O)CC3)cc2)c(F)c1. The first kappa shape index (κ1) is 18.6. The molecule has 0 unspecified atom stereocenters. The maximum atomic E-state index is 14.1. The van der Waals surface area contributed by atoms with Crippen LogP contribution in [-0.4, -0.2) is 25.4 Å². The third-order valence-electron chi connectivity index (χ3n) is 4.89. The average molecular weight is 373 g/mol. The van der Waals surface area contributed by atoms with Crippen molar-refractivity contribution in [3.8, 4) is 17.2 Å². The van der Waals surface area contributed by atoms with Crippen LogP contribution in [0.2, 0.25) is 0 Å². The van der Waals surface area contributed by atoms with Crippen molar-refractivity contribution in [2.75, 3.05) is 5.75 Å². The Balaban J connectivity index is 1.77. The highest BCUT2D eigenvalue weighted by molar-refractivity contribution is 7.91. The zero-order valence-electron chi connectivity index (χ0n) is 14.2. The summed E-state index contributed by atoms with van der Waals surface area (Å²) < 4.78 is 39.3. The first-order valence-electron chi connectivity index (χ1n) is 8.60. The summed E-state index contributed by atoms with van der Waals surface area (Å²) in [7, 11) is -3.42. The van der Waals surface area contributed by atoms with Gasteiger partial charge in [0.2, 0.25) is 0 Å². The van der Waals surface area contributed by atoms with E-state index in [1.165, 1.54) is 24.3 Å². The molecule has 1 N–H and O–H groups in total. The van der Waals surface area contributed by atoms with Crippen molar-refractivity contribution in [2.45, 2.75) is 36.7 Å². The molecule has 0 bridgehead atoms. The van der Waals surface area contributed by atoms with Crippen molar-refractivity contribution in [3.05, 3.63) is 53.8 Å². The fraction of sp³-hybridized carbons (Fsp3) is 0.350. The lowest BCUT2D eigenvalue weighted by Gasteiger charge is -2.25. The van der Waals surface area contributed by atoms with E-state index < -0.39 is 15.7 Å². The number of sulfone groups is 1. The van der Waals surface area contributed by atoms with Crippen molar-refractivity contribution >= 4 is 9.84 Å². The van der Waals surface area contributed by atoms with Crippen molar-refractivity contribution in [3.63, 3.8) is 0 Å². The van der Waals surface area contributed by atoms with Gasteiger partial charge in [-0.15, -0.1) is 0 Å². The summed E-state index contributed by atoms with van der Waals surface area (Å²) in [6.07, 6.45) is 2.42. The molecule has 0 spiro atoms. The Morgan fingerprint density at radius 3 is 2.31 bits per heavy atom. The van der Waals surface area contributed by atoms with Gasteiger partial charge in [0, 0.05) is 5.56 Å². The molecule has 1 aliphatic carbocycles. The highest BCUT2D eigenvalue weighted by atomic mass is 32.2. The van der Waals surface area contributed by atoms with E-state index >= 15 is 0 Å². The zero-order chi connectivity index (χ0) is 18.7. The van der Waals surface area contributed by atoms with Gasteiger partial charge in [0.05, 0.1) is 28.4 Å². The lowest BCUT2D eigenvalue weighted by atomic mass is 9.89. The first-order chi connectivity index (χ1) is 12.4. The highest BCUT2D eigenvalue weighted by Gasteiger charge is 2.25. The van der Waals surface area contributed by atoms with E-state index in [4.69, 9.17) is 5.26 Å². The van der Waals surface area contributed by atoms with Gasteiger partial charge in [-0.2, -0.15) is 5.26 Å². The van der Waals surface area contributed by atoms with Gasteiger partial charge >= 0.3 is 0 Å². The third kappa shape index (κ3) is 4.12. The minimum atomic E-state index is -3.42. The Morgan fingerprint density at radius 1 is 1.08 bits per heavy atom. The van der Waals surface area contributed by atoms with E-state index in [9.17, 15) is 17.9 Å². The molecule has 1 fully saturated rings. The molecule has 6 heteroatoms. The molecule has 4 nitrogen and oxygen atoms in total. The lowest BCUT2D eigenvalue weighted by molar-refractivity contribution is 0.113. The molecule has 136 valence electrons. The fourth-order valence-corrected chi connectivity index (χ4v) is 5.08. The van der Waals surface area contributed by atoms with Crippen LogP contribution in [0.25, 0.3) is 11.1 Å². The molecule has 0 aliphatic heterocycles. The second-order valence-electron chi connectivity index (χ2n) is 6.79. The van der Waals surface area contributed by atoms with Crippen LogP contribution < -0.4 is 0 Å². The normalized spacial score (nSPS) is 20.5. The van der Waals surface area contributed by atoms with E-state index in [1.807, 2.05) is 6.07 Å². The van der Waals surface area contributed by atoms with Crippen LogP contribution in [0.1, 0.15) is 31.2 Å². The average Bonchev–Trinajstić information content (AvgIpc) is 2.63. The van der Waals surface area contributed by atoms with Crippen LogP contribution in [0.15, 0.2) is 47.4 Å². The number of nitrogens with zero attached hydrogens (tertiary/aromatic N) is 1. The second kappa shape index (κ2) is 7.56. The van der Waals surface area contributed by atoms with Gasteiger partial charge in [-0.05, 0) is 61.4 Å². The van der Waals surface area contributed by atoms with Crippen LogP contribution in [-0.2, 0) is 9.84 Å². The number of aliphatic hydroxyl groups is 1. The molecular formula is C20H20FNO3S. The molecular weight excluding hydrogens is 353 g/mol. The number of hydrogen-bond acceptors (Lipinski definition) is 4. The second-order valence-corrected chi connectivity index (χ2v) is 8.82. The molecule has 1 aliphatic rings. The van der Waals surface area contributed by atoms with Crippen LogP contribution in [0.4, 0.5) is 4.39 Å². The summed E-state index contributed by atoms with van der Waals surface area (Å²) >= 11 is 0. The number of aliphatic hydroxyl groups excluding tert-OH is 1. The molecule has 0 amide bonds. The smallest absolute Gasteiger partial charge is 0.178 e. The summed E-state index contributed by atoms with van der Waals surface area (Å²) in [6, 6.07) is 12.3. The van der Waals surface area contributed by atoms with Gasteiger partial charge in [-0.3, -0.25) is 0 Å². The van der Waals surface area contributed by atoms with Crippen LogP contribution >= 0.6 is 0 Å². The Labute approximate surface area is 152 Å². The van der Waals surface area contributed by atoms with Gasteiger partial charge in [-0.1, -0.05) is 18.2 Å². The van der Waals surface area contributed by atoms with Gasteiger partial charge in [0.15, 0.2) is 9.84 Å². The molecule has 26 heavy (non-hydrogen) atoms. The zero-order valence-corrected chi connectivity index (χ0v) is 15.0. The molecule has 0 aromatic heterocycles. The van der Waals surface area contributed by atoms with E-state index in [2.05, 4.69) is 0 Å². The topological polar surface area (TPSA) is 78.2 Å². The van der Waals surface area contributed by atoms with Crippen molar-refractivity contribution in [2.24, 2.45) is 5.92 Å². The Morgan fingerprint density at radius 2 is 1.73 bits per heavy atom. The number of rotatable bonds is 4. The highest BCUT2D eigenvalue weighted by Crippen LogP contribution is 2.29. The fourth-order valence-electron chi connectivity index (χ4n) is 3.38. The summed E-state index contributed by atoms with van der Waals surface area (Å²) in [5.41, 5.74) is 1.13. The number of benzene rings is 2. The monoisotopic (exact) mass is 373 g/mol. The maximum absolute atomic E-state index is 14.1. The minimum Gasteiger partial charge on any atom is -0.393 e. The maximum Gasteiger partial charge on any atom is 0.178 e. The molecule has 1 saturated carbocycles. The Hall–Kier alpha value is -2.23. The van der Waals surface area contributed by atoms with E-state index in [0.717, 1.165) is 18.9 Å². The van der Waals surface area contributed by atoms with Gasteiger partial charge < -0.3 is 5.11 Å². The predicted octanol–water partition coefficient (Wildman–Crippen LogP) is 3.69. The van der Waals surface area contributed by atoms with Crippen LogP contribution in [0.5, 0.6) is 0 Å². The van der Waals surface area contributed by atoms with Crippen molar-refractivity contribution in [1.82, 2.24) is 0 Å². The van der Waals surface area contributed by atoms with Gasteiger partial charge in [0.1, 0.15) is 5.82 Å². The lowest BCUT2D eigenvalue weighted by Crippen LogP contribution is -2.24. The van der Waals surface area contributed by atoms with Crippen molar-refractivity contribution in [1.29, 1.82) is 5.26 Å². The largest absolute Gasteiger partial charge is 0.393 e. The molecule has 0 radical (unpaired) electrons. The quantitative estimate of drug-likeness (QED) is 0.887. The summed E-state index contributed by atoms with van der Waals surface area (Å²) in [4.78, 5) is 0.224. The Kier molecular flexibility index (Phi) is 5.40. The first-order valence-corrected chi connectivity index (χ1v) is 10.2. The van der Waals surface area contributed by atoms with Crippen molar-refractivity contribution < 1.29 is 17.9 Å². The summed E-state index contributed by atoms with van der Waals surface area (Å²) in [6.45, 7) is 0. The molecule has 3 rings (SSSR count). The summed E-state index contributed by atoms with van der Waals surface area (Å²) in [5, 5.41) is 18.3. The number of nitriles is 1. The summed E-state index contributed by atoms with van der Waals surface area (Å²) in [5.74, 6) is -0.371. The molecule has 0 heterocycles. The standard InChI is InChI=1S/C20H20FNO3S/c21-20-11-15(12-22)3-10-19(20)16-4-8-18(9-5-16)26(24,25)13-14-1-6-17(23)7-2-14/h3-5,8-11,14,17,23H,1-2,6-7,13H2.